The zero-order chi connectivity index (χ0) is 4.50. The first kappa shape index (κ1) is 15.6. The molecule has 0 amide bonds. The molecule has 0 rings (SSSR count). The molecule has 0 unspecified atom stereocenters. The third kappa shape index (κ3) is 449. The van der Waals surface area contributed by atoms with E-state index in [9.17, 15) is 0 Å². The number of hydrogen-bond donors (Lipinski definition) is 3. The first-order valence-corrected chi connectivity index (χ1v) is 2.62. The topological polar surface area (TPSA) is 112 Å². The van der Waals surface area contributed by atoms with E-state index in [1.54, 1.807) is 0 Å². The van der Waals surface area contributed by atoms with Gasteiger partial charge >= 0.3 is 26.4 Å². The van der Waals surface area contributed by atoms with Crippen LogP contribution in [0.4, 0.5) is 0 Å². The van der Waals surface area contributed by atoms with Crippen LogP contribution in [0.1, 0.15) is 0 Å². The van der Waals surface area contributed by atoms with Crippen LogP contribution in [-0.4, -0.2) is 40.8 Å². The number of hydrogen-bond acceptors (Lipinski definition) is 4. The minimum absolute atomic E-state index is 0. The summed E-state index contributed by atoms with van der Waals surface area (Å²) in [4.78, 5) is 30.6. The molecule has 0 aromatic carbocycles. The monoisotopic (exact) mass is 138 g/mol. The van der Waals surface area contributed by atoms with Gasteiger partial charge in [-0.1, -0.05) is 0 Å². The quantitative estimate of drug-likeness (QED) is 0.298. The van der Waals surface area contributed by atoms with Crippen LogP contribution >= 0.6 is 0 Å². The van der Waals surface area contributed by atoms with Crippen LogP contribution in [0.3, 0.4) is 0 Å². The van der Waals surface area contributed by atoms with Crippen molar-refractivity contribution >= 4 is 26.4 Å². The fraction of sp³-hybridized carbons (Fsp3) is 0. The molecule has 0 aromatic heterocycles. The molecule has 0 saturated carbocycles. The van der Waals surface area contributed by atoms with Gasteiger partial charge in [-0.3, -0.25) is 0 Å². The molecule has 0 spiro atoms. The fourth-order valence-corrected chi connectivity index (χ4v) is 0. The molecule has 3 N–H and O–H groups in total. The molecule has 0 aromatic rings. The number of rotatable bonds is 0. The Morgan fingerprint density at radius 1 is 1.14 bits per heavy atom. The van der Waals surface area contributed by atoms with Crippen LogP contribution in [0.2, 0.25) is 0 Å². The van der Waals surface area contributed by atoms with Gasteiger partial charge in [-0.05, 0) is 0 Å². The summed E-state index contributed by atoms with van der Waals surface area (Å²) in [7, 11) is -4.86. The van der Waals surface area contributed by atoms with Gasteiger partial charge in [-0.25, -0.2) is 0 Å². The molecule has 0 aliphatic heterocycles. The zero-order valence-electron chi connectivity index (χ0n) is 3.24. The molecule has 0 aliphatic carbocycles. The van der Waals surface area contributed by atoms with E-state index in [2.05, 4.69) is 0 Å². The molecule has 0 atom stereocenters. The summed E-state index contributed by atoms with van der Waals surface area (Å²) >= 11 is 0. The average molecular weight is 138 g/mol. The van der Waals surface area contributed by atoms with Crippen LogP contribution in [0.15, 0.2) is 0 Å². The van der Waals surface area contributed by atoms with Crippen LogP contribution in [0.5, 0.6) is 0 Å². The van der Waals surface area contributed by atoms with E-state index in [4.69, 9.17) is 19.2 Å². The molecule has 7 heteroatoms. The summed E-state index contributed by atoms with van der Waals surface area (Å²) in [6.45, 7) is 0. The second-order valence-electron chi connectivity index (χ2n) is 0.574. The summed E-state index contributed by atoms with van der Waals surface area (Å²) in [6, 6.07) is 0. The van der Waals surface area contributed by atoms with Crippen LogP contribution < -0.4 is 4.80 Å². The standard InChI is InChI=1S/Al.H3O4Si.O/c;1-5(2,3)4;/h;1-3H;/q+3;-1;-2. The van der Waals surface area contributed by atoms with E-state index in [0.717, 1.165) is 0 Å². The van der Waals surface area contributed by atoms with E-state index in [1.807, 2.05) is 0 Å². The molecule has 0 saturated heterocycles. The SMILES string of the molecule is [Al+3].[O-2].[O-][Si](O)(O)O. The van der Waals surface area contributed by atoms with Crippen molar-refractivity contribution in [2.45, 2.75) is 0 Å². The van der Waals surface area contributed by atoms with Crippen molar-refractivity contribution in [1.29, 1.82) is 0 Å². The van der Waals surface area contributed by atoms with Gasteiger partial charge in [0, 0.05) is 0 Å². The fourth-order valence-electron chi connectivity index (χ4n) is 0. The van der Waals surface area contributed by atoms with E-state index in [1.165, 1.54) is 0 Å². The Morgan fingerprint density at radius 2 is 1.14 bits per heavy atom. The molecule has 7 heavy (non-hydrogen) atoms. The molecule has 0 aliphatic rings. The minimum Gasteiger partial charge on any atom is -2.00 e. The van der Waals surface area contributed by atoms with Crippen molar-refractivity contribution in [3.63, 3.8) is 0 Å². The Kier molecular flexibility index (Phi) is 10.5. The molecule has 5 nitrogen and oxygen atoms in total. The van der Waals surface area contributed by atoms with Crippen LogP contribution in [0.25, 0.3) is 0 Å². The summed E-state index contributed by atoms with van der Waals surface area (Å²) in [6.07, 6.45) is 0. The van der Waals surface area contributed by atoms with Gasteiger partial charge in [0.2, 0.25) is 0 Å². The molecular weight excluding hydrogens is 135 g/mol. The van der Waals surface area contributed by atoms with Crippen molar-refractivity contribution in [2.24, 2.45) is 0 Å². The van der Waals surface area contributed by atoms with Crippen LogP contribution in [-0.2, 0) is 5.48 Å². The first-order chi connectivity index (χ1) is 2.00. The molecule has 0 bridgehead atoms. The van der Waals surface area contributed by atoms with Gasteiger partial charge in [-0.2, -0.15) is 0 Å². The van der Waals surface area contributed by atoms with Gasteiger partial charge in [0.15, 0.2) is 0 Å². The van der Waals surface area contributed by atoms with E-state index < -0.39 is 9.05 Å². The Bertz CT molecular complexity index is 23.6. The Morgan fingerprint density at radius 3 is 1.14 bits per heavy atom. The second kappa shape index (κ2) is 4.70. The summed E-state index contributed by atoms with van der Waals surface area (Å²) < 4.78 is 0. The summed E-state index contributed by atoms with van der Waals surface area (Å²) in [5.74, 6) is 0. The normalized spacial score (nSPS) is 8.57. The Labute approximate surface area is 51.8 Å². The predicted molar refractivity (Wildman–Crippen MR) is 18.9 cm³/mol. The van der Waals surface area contributed by atoms with Gasteiger partial charge in [0.25, 0.3) is 0 Å². The van der Waals surface area contributed by atoms with Gasteiger partial charge < -0.3 is 24.7 Å². The summed E-state index contributed by atoms with van der Waals surface area (Å²) in [5.41, 5.74) is 0. The first-order valence-electron chi connectivity index (χ1n) is 0.875. The smallest absolute Gasteiger partial charge is 2.00 e. The Hall–Kier alpha value is 0.549. The molecule has 0 radical (unpaired) electrons. The van der Waals surface area contributed by atoms with E-state index >= 15 is 0 Å². The van der Waals surface area contributed by atoms with Gasteiger partial charge in [0.1, 0.15) is 0 Å². The summed E-state index contributed by atoms with van der Waals surface area (Å²) in [5, 5.41) is 0. The predicted octanol–water partition coefficient (Wildman–Crippen LogP) is -3.74. The van der Waals surface area contributed by atoms with Gasteiger partial charge in [0.05, 0.1) is 0 Å². The third-order valence-electron chi connectivity index (χ3n) is 0. The van der Waals surface area contributed by atoms with Crippen molar-refractivity contribution < 1.29 is 24.7 Å². The maximum atomic E-state index is 8.91. The van der Waals surface area contributed by atoms with Crippen molar-refractivity contribution in [1.82, 2.24) is 0 Å². The largest absolute Gasteiger partial charge is 3.00 e. The molecule has 0 heterocycles. The maximum absolute atomic E-state index is 8.91. The average Bonchev–Trinajstić information content (AvgIpc) is 0.722. The van der Waals surface area contributed by atoms with Crippen molar-refractivity contribution in [3.8, 4) is 0 Å². The third-order valence-corrected chi connectivity index (χ3v) is 0. The second-order valence-corrected chi connectivity index (χ2v) is 1.72. The molecule has 40 valence electrons. The molecule has 0 fully saturated rings. The molecular formula is H3AlO5Si. The maximum Gasteiger partial charge on any atom is 3.00 e. The Balaban J connectivity index is -0.0000000800. The van der Waals surface area contributed by atoms with E-state index in [-0.39, 0.29) is 22.8 Å². The minimum atomic E-state index is -4.86. The van der Waals surface area contributed by atoms with Gasteiger partial charge in [-0.15, -0.1) is 0 Å². The van der Waals surface area contributed by atoms with E-state index in [0.29, 0.717) is 0 Å². The van der Waals surface area contributed by atoms with Crippen molar-refractivity contribution in [3.05, 3.63) is 0 Å². The zero-order valence-corrected chi connectivity index (χ0v) is 5.39. The van der Waals surface area contributed by atoms with Crippen molar-refractivity contribution in [2.75, 3.05) is 0 Å². The van der Waals surface area contributed by atoms with Crippen LogP contribution in [0, 0.1) is 0 Å².